The molecular weight excluding hydrogens is 210 g/mol. The summed E-state index contributed by atoms with van der Waals surface area (Å²) >= 11 is 0. The predicted octanol–water partition coefficient (Wildman–Crippen LogP) is 3.51. The zero-order valence-electron chi connectivity index (χ0n) is 10.1. The summed E-state index contributed by atoms with van der Waals surface area (Å²) < 4.78 is 0. The molecule has 0 saturated carbocycles. The molecule has 1 aromatic rings. The Balaban J connectivity index is 2.07. The maximum absolute atomic E-state index is 12.2. The Hall–Kier alpha value is -1.57. The van der Waals surface area contributed by atoms with Crippen molar-refractivity contribution in [3.05, 3.63) is 42.5 Å². The van der Waals surface area contributed by atoms with E-state index in [1.807, 2.05) is 18.2 Å². The van der Waals surface area contributed by atoms with E-state index >= 15 is 0 Å². The molecule has 1 unspecified atom stereocenters. The molecule has 1 aromatic carbocycles. The van der Waals surface area contributed by atoms with Gasteiger partial charge in [-0.15, -0.1) is 6.58 Å². The van der Waals surface area contributed by atoms with Gasteiger partial charge in [0.15, 0.2) is 0 Å². The number of Topliss-reactive ketones (excluding diaryl/α,β-unsaturated/α-hetero) is 1. The van der Waals surface area contributed by atoms with Gasteiger partial charge in [0.1, 0.15) is 5.78 Å². The number of hydrogen-bond donors (Lipinski definition) is 1. The lowest BCUT2D eigenvalue weighted by atomic mass is 9.86. The molecule has 2 nitrogen and oxygen atoms in total. The van der Waals surface area contributed by atoms with Crippen LogP contribution in [0.3, 0.4) is 0 Å². The van der Waals surface area contributed by atoms with Gasteiger partial charge in [-0.1, -0.05) is 24.3 Å². The molecule has 0 aromatic heterocycles. The molecule has 0 saturated heterocycles. The van der Waals surface area contributed by atoms with Crippen LogP contribution in [0.15, 0.2) is 36.9 Å². The minimum atomic E-state index is 0.0947. The highest BCUT2D eigenvalue weighted by molar-refractivity contribution is 5.88. The van der Waals surface area contributed by atoms with Crippen LogP contribution in [0.1, 0.15) is 37.2 Å². The molecule has 90 valence electrons. The van der Waals surface area contributed by atoms with E-state index in [2.05, 4.69) is 24.0 Å². The summed E-state index contributed by atoms with van der Waals surface area (Å²) in [5.41, 5.74) is 2.29. The maximum Gasteiger partial charge on any atom is 0.140 e. The van der Waals surface area contributed by atoms with E-state index in [-0.39, 0.29) is 5.92 Å². The minimum Gasteiger partial charge on any atom is -0.385 e. The Morgan fingerprint density at radius 2 is 2.29 bits per heavy atom. The van der Waals surface area contributed by atoms with Gasteiger partial charge in [-0.3, -0.25) is 4.79 Å². The van der Waals surface area contributed by atoms with Gasteiger partial charge in [0.25, 0.3) is 0 Å². The van der Waals surface area contributed by atoms with Crippen molar-refractivity contribution in [2.45, 2.75) is 31.6 Å². The molecule has 2 rings (SSSR count). The second kappa shape index (κ2) is 5.67. The number of benzene rings is 1. The van der Waals surface area contributed by atoms with Crippen molar-refractivity contribution >= 4 is 11.5 Å². The fraction of sp³-hybridized carbons (Fsp3) is 0.400. The molecule has 17 heavy (non-hydrogen) atoms. The van der Waals surface area contributed by atoms with E-state index in [4.69, 9.17) is 0 Å². The molecule has 1 N–H and O–H groups in total. The first kappa shape index (κ1) is 11.9. The van der Waals surface area contributed by atoms with E-state index < -0.39 is 0 Å². The fourth-order valence-electron chi connectivity index (χ4n) is 2.40. The monoisotopic (exact) mass is 229 g/mol. The van der Waals surface area contributed by atoms with Gasteiger partial charge in [-0.25, -0.2) is 0 Å². The van der Waals surface area contributed by atoms with Gasteiger partial charge in [0, 0.05) is 24.6 Å². The average molecular weight is 229 g/mol. The van der Waals surface area contributed by atoms with E-state index in [0.717, 1.165) is 31.5 Å². The Kier molecular flexibility index (Phi) is 3.97. The first-order valence-corrected chi connectivity index (χ1v) is 6.29. The van der Waals surface area contributed by atoms with Gasteiger partial charge in [-0.2, -0.15) is 0 Å². The Morgan fingerprint density at radius 3 is 3.12 bits per heavy atom. The van der Waals surface area contributed by atoms with Crippen LogP contribution in [-0.4, -0.2) is 12.3 Å². The third-order valence-electron chi connectivity index (χ3n) is 3.30. The zero-order chi connectivity index (χ0) is 12.1. The summed E-state index contributed by atoms with van der Waals surface area (Å²) in [6.45, 7) is 4.58. The number of hydrogen-bond acceptors (Lipinski definition) is 2. The lowest BCUT2D eigenvalue weighted by molar-refractivity contribution is -0.120. The van der Waals surface area contributed by atoms with Gasteiger partial charge < -0.3 is 5.32 Å². The molecule has 0 amide bonds. The highest BCUT2D eigenvalue weighted by Gasteiger charge is 2.25. The van der Waals surface area contributed by atoms with Crippen LogP contribution in [-0.2, 0) is 4.79 Å². The number of carbonyl (C=O) groups is 1. The van der Waals surface area contributed by atoms with E-state index in [9.17, 15) is 4.79 Å². The molecular formula is C15H19NO. The molecule has 1 atom stereocenters. The van der Waals surface area contributed by atoms with Crippen molar-refractivity contribution < 1.29 is 4.79 Å². The third kappa shape index (κ3) is 2.76. The molecule has 0 fully saturated rings. The van der Waals surface area contributed by atoms with Crippen molar-refractivity contribution in [2.24, 2.45) is 0 Å². The van der Waals surface area contributed by atoms with Crippen LogP contribution in [0.25, 0.3) is 0 Å². The minimum absolute atomic E-state index is 0.0947. The highest BCUT2D eigenvalue weighted by Crippen LogP contribution is 2.32. The number of fused-ring (bicyclic) bond motifs is 1. The van der Waals surface area contributed by atoms with Gasteiger partial charge in [-0.05, 0) is 30.9 Å². The summed E-state index contributed by atoms with van der Waals surface area (Å²) in [5.74, 6) is 0.470. The largest absolute Gasteiger partial charge is 0.385 e. The number of rotatable bonds is 5. The lowest BCUT2D eigenvalue weighted by Gasteiger charge is -2.25. The van der Waals surface area contributed by atoms with E-state index in [1.165, 1.54) is 5.56 Å². The molecule has 2 heteroatoms. The van der Waals surface area contributed by atoms with Crippen LogP contribution < -0.4 is 5.32 Å². The molecule has 0 aliphatic carbocycles. The zero-order valence-corrected chi connectivity index (χ0v) is 10.1. The van der Waals surface area contributed by atoms with E-state index in [1.54, 1.807) is 0 Å². The standard InChI is InChI=1S/C15H19NO/c1-2-3-4-9-15(17)13-10-11-16-14-8-6-5-7-12(13)14/h2,5-8,13,16H,1,3-4,9-11H2. The summed E-state index contributed by atoms with van der Waals surface area (Å²) in [7, 11) is 0. The second-order valence-electron chi connectivity index (χ2n) is 4.50. The number of carbonyl (C=O) groups excluding carboxylic acids is 1. The van der Waals surface area contributed by atoms with Crippen molar-refractivity contribution in [1.82, 2.24) is 0 Å². The predicted molar refractivity (Wildman–Crippen MR) is 71.3 cm³/mol. The molecule has 1 aliphatic heterocycles. The lowest BCUT2D eigenvalue weighted by Crippen LogP contribution is -2.22. The number of para-hydroxylation sites is 1. The van der Waals surface area contributed by atoms with Crippen molar-refractivity contribution in [3.63, 3.8) is 0 Å². The second-order valence-corrected chi connectivity index (χ2v) is 4.50. The number of ketones is 1. The van der Waals surface area contributed by atoms with Crippen molar-refractivity contribution in [3.8, 4) is 0 Å². The van der Waals surface area contributed by atoms with Crippen LogP contribution >= 0.6 is 0 Å². The molecule has 1 heterocycles. The Labute approximate surface area is 103 Å². The highest BCUT2D eigenvalue weighted by atomic mass is 16.1. The number of anilines is 1. The topological polar surface area (TPSA) is 29.1 Å². The van der Waals surface area contributed by atoms with Crippen molar-refractivity contribution in [1.29, 1.82) is 0 Å². The maximum atomic E-state index is 12.2. The molecule has 0 bridgehead atoms. The average Bonchev–Trinajstić information content (AvgIpc) is 2.38. The van der Waals surface area contributed by atoms with Crippen LogP contribution in [0.4, 0.5) is 5.69 Å². The summed E-state index contributed by atoms with van der Waals surface area (Å²) in [6.07, 6.45) is 5.32. The molecule has 1 aliphatic rings. The SMILES string of the molecule is C=CCCCC(=O)C1CCNc2ccccc21. The van der Waals surface area contributed by atoms with Crippen LogP contribution in [0, 0.1) is 0 Å². The summed E-state index contributed by atoms with van der Waals surface area (Å²) in [4.78, 5) is 12.2. The van der Waals surface area contributed by atoms with Crippen LogP contribution in [0.2, 0.25) is 0 Å². The van der Waals surface area contributed by atoms with Gasteiger partial charge >= 0.3 is 0 Å². The Bertz CT molecular complexity index is 411. The van der Waals surface area contributed by atoms with Gasteiger partial charge in [0.2, 0.25) is 0 Å². The number of allylic oxidation sites excluding steroid dienone is 1. The first-order chi connectivity index (χ1) is 8.33. The first-order valence-electron chi connectivity index (χ1n) is 6.29. The number of nitrogens with one attached hydrogen (secondary N) is 1. The number of unbranched alkanes of at least 4 members (excludes halogenated alkanes) is 1. The normalized spacial score (nSPS) is 18.0. The quantitative estimate of drug-likeness (QED) is 0.618. The van der Waals surface area contributed by atoms with E-state index in [0.29, 0.717) is 12.2 Å². The fourth-order valence-corrected chi connectivity index (χ4v) is 2.40. The van der Waals surface area contributed by atoms with Crippen LogP contribution in [0.5, 0.6) is 0 Å². The molecule has 0 spiro atoms. The van der Waals surface area contributed by atoms with Gasteiger partial charge in [0.05, 0.1) is 0 Å². The van der Waals surface area contributed by atoms with Crippen molar-refractivity contribution in [2.75, 3.05) is 11.9 Å². The third-order valence-corrected chi connectivity index (χ3v) is 3.30. The summed E-state index contributed by atoms with van der Waals surface area (Å²) in [6, 6.07) is 8.14. The molecule has 0 radical (unpaired) electrons. The Morgan fingerprint density at radius 1 is 1.47 bits per heavy atom. The summed E-state index contributed by atoms with van der Waals surface area (Å²) in [5, 5.41) is 3.35. The smallest absolute Gasteiger partial charge is 0.140 e.